The second-order valence-corrected chi connectivity index (χ2v) is 49.2. The second kappa shape index (κ2) is 5.13. The Morgan fingerprint density at radius 2 is 0.842 bits per heavy atom. The Bertz CT molecular complexity index is 382. The van der Waals surface area contributed by atoms with E-state index in [9.17, 15) is 0 Å². The Labute approximate surface area is 124 Å². The standard InChI is InChI=1S/C15H32Si4/c1-16(2,3)19(17(4,5)6,18(7,8)9)15-13-11-10-12-14-15/h10-14H,1-9H3. The Morgan fingerprint density at radius 3 is 1.11 bits per heavy atom. The summed E-state index contributed by atoms with van der Waals surface area (Å²) in [6, 6.07) is 11.7. The second-order valence-electron chi connectivity index (χ2n) is 8.87. The summed E-state index contributed by atoms with van der Waals surface area (Å²) in [5.41, 5.74) is 0. The zero-order valence-corrected chi connectivity index (χ0v) is 18.4. The summed E-state index contributed by atoms with van der Waals surface area (Å²) >= 11 is 0. The molecular weight excluding hydrogens is 293 g/mol. The summed E-state index contributed by atoms with van der Waals surface area (Å²) in [5.74, 6) is 0. The van der Waals surface area contributed by atoms with Crippen molar-refractivity contribution in [2.75, 3.05) is 0 Å². The van der Waals surface area contributed by atoms with Gasteiger partial charge in [0, 0.05) is 22.8 Å². The van der Waals surface area contributed by atoms with Crippen LogP contribution in [0.25, 0.3) is 0 Å². The van der Waals surface area contributed by atoms with Crippen LogP contribution in [-0.4, -0.2) is 29.4 Å². The molecule has 0 aromatic heterocycles. The smallest absolute Gasteiger partial charge is 0.0685 e. The largest absolute Gasteiger partial charge is 0.0716 e. The number of hydrogen-bond acceptors (Lipinski definition) is 0. The van der Waals surface area contributed by atoms with Crippen molar-refractivity contribution in [3.63, 3.8) is 0 Å². The lowest BCUT2D eigenvalue weighted by molar-refractivity contribution is 1.70. The molecule has 0 amide bonds. The van der Waals surface area contributed by atoms with Crippen molar-refractivity contribution in [3.8, 4) is 0 Å². The first-order chi connectivity index (χ1) is 8.36. The third-order valence-electron chi connectivity index (χ3n) is 4.58. The third kappa shape index (κ3) is 2.77. The molecule has 0 N–H and O–H groups in total. The fraction of sp³-hybridized carbons (Fsp3) is 0.600. The molecule has 0 saturated heterocycles. The van der Waals surface area contributed by atoms with E-state index >= 15 is 0 Å². The molecule has 108 valence electrons. The van der Waals surface area contributed by atoms with E-state index in [0.29, 0.717) is 0 Å². The van der Waals surface area contributed by atoms with Crippen LogP contribution in [0.3, 0.4) is 0 Å². The Balaban J connectivity index is 3.76. The van der Waals surface area contributed by atoms with Gasteiger partial charge in [0.1, 0.15) is 0 Å². The van der Waals surface area contributed by atoms with Crippen LogP contribution in [0.1, 0.15) is 0 Å². The van der Waals surface area contributed by atoms with Crippen molar-refractivity contribution in [3.05, 3.63) is 30.3 Å². The molecule has 0 fully saturated rings. The van der Waals surface area contributed by atoms with Crippen molar-refractivity contribution in [2.24, 2.45) is 0 Å². The van der Waals surface area contributed by atoms with Gasteiger partial charge in [0.15, 0.2) is 0 Å². The molecule has 0 heterocycles. The highest BCUT2D eigenvalue weighted by Crippen LogP contribution is 2.36. The lowest BCUT2D eigenvalue weighted by Gasteiger charge is -2.57. The van der Waals surface area contributed by atoms with Crippen LogP contribution in [0.5, 0.6) is 0 Å². The first-order valence-electron chi connectivity index (χ1n) is 7.41. The fourth-order valence-electron chi connectivity index (χ4n) is 5.36. The average Bonchev–Trinajstić information content (AvgIpc) is 2.12. The van der Waals surface area contributed by atoms with Gasteiger partial charge in [-0.2, -0.15) is 0 Å². The first kappa shape index (κ1) is 17.1. The molecule has 0 radical (unpaired) electrons. The van der Waals surface area contributed by atoms with Gasteiger partial charge >= 0.3 is 0 Å². The minimum atomic E-state index is -1.36. The van der Waals surface area contributed by atoms with Gasteiger partial charge in [0.2, 0.25) is 0 Å². The van der Waals surface area contributed by atoms with Crippen LogP contribution >= 0.6 is 0 Å². The van der Waals surface area contributed by atoms with Gasteiger partial charge < -0.3 is 0 Å². The van der Waals surface area contributed by atoms with Gasteiger partial charge in [-0.25, -0.2) is 0 Å². The lowest BCUT2D eigenvalue weighted by atomic mass is 10.4. The minimum Gasteiger partial charge on any atom is -0.0716 e. The molecule has 0 nitrogen and oxygen atoms in total. The Hall–Kier alpha value is 0.0875. The van der Waals surface area contributed by atoms with Gasteiger partial charge in [0.25, 0.3) is 0 Å². The van der Waals surface area contributed by atoms with E-state index in [4.69, 9.17) is 0 Å². The van der Waals surface area contributed by atoms with E-state index in [0.717, 1.165) is 0 Å². The van der Waals surface area contributed by atoms with Crippen molar-refractivity contribution >= 4 is 34.6 Å². The predicted octanol–water partition coefficient (Wildman–Crippen LogP) is 4.59. The fourth-order valence-corrected chi connectivity index (χ4v) is 106. The van der Waals surface area contributed by atoms with Crippen LogP contribution in [0, 0.1) is 0 Å². The van der Waals surface area contributed by atoms with Crippen molar-refractivity contribution in [1.82, 2.24) is 0 Å². The minimum absolute atomic E-state index is 1.19. The monoisotopic (exact) mass is 324 g/mol. The zero-order valence-electron chi connectivity index (χ0n) is 14.4. The summed E-state index contributed by atoms with van der Waals surface area (Å²) in [4.78, 5) is 0. The van der Waals surface area contributed by atoms with Gasteiger partial charge in [-0.15, -0.1) is 0 Å². The first-order valence-corrected chi connectivity index (χ1v) is 22.9. The molecular formula is C15H32Si4. The molecule has 19 heavy (non-hydrogen) atoms. The molecule has 1 aromatic rings. The van der Waals surface area contributed by atoms with Crippen LogP contribution in [0.2, 0.25) is 58.9 Å². The summed E-state index contributed by atoms with van der Waals surface area (Å²) in [5, 5.41) is 1.78. The Kier molecular flexibility index (Phi) is 4.63. The molecule has 1 aromatic carbocycles. The summed E-state index contributed by atoms with van der Waals surface area (Å²) < 4.78 is 0. The van der Waals surface area contributed by atoms with Crippen molar-refractivity contribution in [1.29, 1.82) is 0 Å². The lowest BCUT2D eigenvalue weighted by Crippen LogP contribution is -2.88. The molecule has 0 atom stereocenters. The normalized spacial score (nSPS) is 14.6. The van der Waals surface area contributed by atoms with E-state index in [1.165, 1.54) is 0 Å². The van der Waals surface area contributed by atoms with E-state index in [-0.39, 0.29) is 0 Å². The molecule has 0 unspecified atom stereocenters. The quantitative estimate of drug-likeness (QED) is 0.710. The molecule has 1 rings (SSSR count). The van der Waals surface area contributed by atoms with Gasteiger partial charge in [-0.05, 0) is 0 Å². The molecule has 0 aliphatic carbocycles. The van der Waals surface area contributed by atoms with Gasteiger partial charge in [-0.1, -0.05) is 94.4 Å². The van der Waals surface area contributed by atoms with Gasteiger partial charge in [0.05, 0.1) is 6.63 Å². The molecule has 0 aliphatic rings. The van der Waals surface area contributed by atoms with E-state index < -0.39 is 29.4 Å². The SMILES string of the molecule is C[Si](C)(C)[Si](c1ccccc1)([Si](C)(C)C)[Si](C)(C)C. The highest BCUT2D eigenvalue weighted by Gasteiger charge is 2.62. The highest BCUT2D eigenvalue weighted by atomic mass is 29.9. The van der Waals surface area contributed by atoms with Crippen LogP contribution in [0.15, 0.2) is 30.3 Å². The summed E-state index contributed by atoms with van der Waals surface area (Å²) in [6.07, 6.45) is 0. The molecule has 4 heteroatoms. The van der Waals surface area contributed by atoms with Gasteiger partial charge in [-0.3, -0.25) is 0 Å². The maximum Gasteiger partial charge on any atom is 0.0685 e. The van der Waals surface area contributed by atoms with Crippen molar-refractivity contribution in [2.45, 2.75) is 58.9 Å². The maximum absolute atomic E-state index is 2.66. The summed E-state index contributed by atoms with van der Waals surface area (Å²) in [7, 11) is -3.56. The third-order valence-corrected chi connectivity index (χ3v) is 75.9. The highest BCUT2D eigenvalue weighted by molar-refractivity contribution is 7.92. The predicted molar refractivity (Wildman–Crippen MR) is 102 cm³/mol. The Morgan fingerprint density at radius 1 is 0.526 bits per heavy atom. The number of rotatable bonds is 4. The van der Waals surface area contributed by atoms with Crippen LogP contribution < -0.4 is 5.19 Å². The summed E-state index contributed by atoms with van der Waals surface area (Å²) in [6.45, 7) is 22.5. The van der Waals surface area contributed by atoms with E-state index in [1.807, 2.05) is 0 Å². The van der Waals surface area contributed by atoms with Crippen molar-refractivity contribution < 1.29 is 0 Å². The average molecular weight is 325 g/mol. The number of benzene rings is 1. The molecule has 0 bridgehead atoms. The van der Waals surface area contributed by atoms with E-state index in [2.05, 4.69) is 89.3 Å². The maximum atomic E-state index is 2.66. The molecule has 0 aliphatic heterocycles. The molecule has 0 saturated carbocycles. The molecule has 0 spiro atoms. The number of hydrogen-bond donors (Lipinski definition) is 0. The van der Waals surface area contributed by atoms with E-state index in [1.54, 1.807) is 5.19 Å². The van der Waals surface area contributed by atoms with Crippen LogP contribution in [0.4, 0.5) is 0 Å². The zero-order chi connectivity index (χ0) is 15.1. The topological polar surface area (TPSA) is 0 Å². The van der Waals surface area contributed by atoms with Crippen LogP contribution in [-0.2, 0) is 0 Å².